The summed E-state index contributed by atoms with van der Waals surface area (Å²) in [6.45, 7) is 8.23. The second-order valence-corrected chi connectivity index (χ2v) is 4.91. The molecule has 0 heterocycles. The second-order valence-electron chi connectivity index (χ2n) is 4.91. The molecule has 0 aromatic rings. The summed E-state index contributed by atoms with van der Waals surface area (Å²) in [5, 5.41) is 8.44. The van der Waals surface area contributed by atoms with Crippen molar-refractivity contribution < 1.29 is 4.74 Å². The zero-order valence-corrected chi connectivity index (χ0v) is 11.9. The molecule has 0 radical (unpaired) electrons. The summed E-state index contributed by atoms with van der Waals surface area (Å²) in [5.74, 6) is 1.54. The summed E-state index contributed by atoms with van der Waals surface area (Å²) in [6.07, 6.45) is 8.30. The lowest BCUT2D eigenvalue weighted by Crippen LogP contribution is -2.14. The lowest BCUT2D eigenvalue weighted by molar-refractivity contribution is 0.0909. The molecule has 0 aliphatic heterocycles. The van der Waals surface area contributed by atoms with Crippen LogP contribution in [0.4, 0.5) is 0 Å². The molecule has 0 rings (SSSR count). The van der Waals surface area contributed by atoms with E-state index in [1.807, 2.05) is 0 Å². The quantitative estimate of drug-likeness (QED) is 0.496. The third kappa shape index (κ3) is 9.18. The number of nitrogens with zero attached hydrogens (tertiary/aromatic N) is 1. The minimum atomic E-state index is 0.517. The molecule has 0 aromatic heterocycles. The summed E-state index contributed by atoms with van der Waals surface area (Å²) in [4.78, 5) is 0. The molecule has 0 spiro atoms. The van der Waals surface area contributed by atoms with Gasteiger partial charge in [-0.25, -0.2) is 0 Å². The summed E-state index contributed by atoms with van der Waals surface area (Å²) in [5.41, 5.74) is 0. The summed E-state index contributed by atoms with van der Waals surface area (Å²) >= 11 is 0. The van der Waals surface area contributed by atoms with Crippen LogP contribution in [0.5, 0.6) is 0 Å². The lowest BCUT2D eigenvalue weighted by Gasteiger charge is -2.21. The first-order valence-corrected chi connectivity index (χ1v) is 7.23. The summed E-state index contributed by atoms with van der Waals surface area (Å²) in [6, 6.07) is 2.11. The van der Waals surface area contributed by atoms with E-state index in [0.717, 1.165) is 12.5 Å². The van der Waals surface area contributed by atoms with Gasteiger partial charge in [-0.15, -0.1) is 0 Å². The van der Waals surface area contributed by atoms with E-state index in [1.165, 1.54) is 38.5 Å². The molecule has 2 atom stereocenters. The Kier molecular flexibility index (Phi) is 11.5. The number of rotatable bonds is 11. The zero-order chi connectivity index (χ0) is 12.9. The molecule has 17 heavy (non-hydrogen) atoms. The Hall–Kier alpha value is -0.550. The van der Waals surface area contributed by atoms with E-state index < -0.39 is 0 Å². The van der Waals surface area contributed by atoms with Crippen molar-refractivity contribution in [3.05, 3.63) is 0 Å². The first-order valence-electron chi connectivity index (χ1n) is 7.23. The minimum absolute atomic E-state index is 0.517. The van der Waals surface area contributed by atoms with Gasteiger partial charge in [-0.1, -0.05) is 52.9 Å². The van der Waals surface area contributed by atoms with Crippen LogP contribution < -0.4 is 0 Å². The fourth-order valence-electron chi connectivity index (χ4n) is 2.17. The van der Waals surface area contributed by atoms with E-state index >= 15 is 0 Å². The average Bonchev–Trinajstić information content (AvgIpc) is 2.37. The highest BCUT2D eigenvalue weighted by Crippen LogP contribution is 2.23. The Labute approximate surface area is 107 Å². The van der Waals surface area contributed by atoms with Crippen molar-refractivity contribution in [3.63, 3.8) is 0 Å². The normalized spacial score (nSPS) is 14.2. The van der Waals surface area contributed by atoms with Gasteiger partial charge in [-0.2, -0.15) is 5.26 Å². The number of ether oxygens (including phenoxy) is 1. The van der Waals surface area contributed by atoms with Gasteiger partial charge in [0.2, 0.25) is 0 Å². The molecular weight excluding hydrogens is 210 g/mol. The van der Waals surface area contributed by atoms with Crippen LogP contribution in [0.3, 0.4) is 0 Å². The molecule has 0 unspecified atom stereocenters. The van der Waals surface area contributed by atoms with Crippen LogP contribution >= 0.6 is 0 Å². The third-order valence-corrected chi connectivity index (χ3v) is 3.50. The van der Waals surface area contributed by atoms with Crippen LogP contribution in [0.25, 0.3) is 0 Å². The van der Waals surface area contributed by atoms with Crippen molar-refractivity contribution in [1.82, 2.24) is 0 Å². The largest absolute Gasteiger partial charge is 0.380 e. The van der Waals surface area contributed by atoms with E-state index in [4.69, 9.17) is 10.00 Å². The SMILES string of the molecule is CCCC[C@H](CC)C[C@@H](CC)COCCC#N. The van der Waals surface area contributed by atoms with Gasteiger partial charge in [0.1, 0.15) is 0 Å². The number of hydrogen-bond acceptors (Lipinski definition) is 2. The van der Waals surface area contributed by atoms with Crippen molar-refractivity contribution in [2.75, 3.05) is 13.2 Å². The highest BCUT2D eigenvalue weighted by atomic mass is 16.5. The maximum absolute atomic E-state index is 8.44. The van der Waals surface area contributed by atoms with Gasteiger partial charge in [-0.3, -0.25) is 0 Å². The smallest absolute Gasteiger partial charge is 0.0645 e. The number of hydrogen-bond donors (Lipinski definition) is 0. The minimum Gasteiger partial charge on any atom is -0.380 e. The first kappa shape index (κ1) is 16.4. The predicted molar refractivity (Wildman–Crippen MR) is 72.8 cm³/mol. The van der Waals surface area contributed by atoms with Crippen molar-refractivity contribution in [3.8, 4) is 6.07 Å². The predicted octanol–water partition coefficient (Wildman–Crippen LogP) is 4.55. The maximum Gasteiger partial charge on any atom is 0.0645 e. The molecule has 0 aliphatic carbocycles. The van der Waals surface area contributed by atoms with E-state index in [9.17, 15) is 0 Å². The first-order chi connectivity index (χ1) is 8.28. The molecule has 0 aliphatic rings. The van der Waals surface area contributed by atoms with Gasteiger partial charge in [0, 0.05) is 6.61 Å². The highest BCUT2D eigenvalue weighted by molar-refractivity contribution is 4.68. The Morgan fingerprint density at radius 3 is 2.35 bits per heavy atom. The average molecular weight is 239 g/mol. The van der Waals surface area contributed by atoms with E-state index in [0.29, 0.717) is 18.9 Å². The molecule has 0 amide bonds. The van der Waals surface area contributed by atoms with Gasteiger partial charge in [-0.05, 0) is 18.3 Å². The number of nitriles is 1. The zero-order valence-electron chi connectivity index (χ0n) is 11.9. The third-order valence-electron chi connectivity index (χ3n) is 3.50. The van der Waals surface area contributed by atoms with Crippen molar-refractivity contribution >= 4 is 0 Å². The standard InChI is InChI=1S/C15H29NO/c1-4-7-9-14(5-2)12-15(6-3)13-17-11-8-10-16/h14-15H,4-9,11-13H2,1-3H3/t14-,15+/m0/s1. The molecule has 2 heteroatoms. The van der Waals surface area contributed by atoms with Gasteiger partial charge in [0.05, 0.1) is 19.1 Å². The molecular formula is C15H29NO. The maximum atomic E-state index is 8.44. The van der Waals surface area contributed by atoms with E-state index in [2.05, 4.69) is 26.8 Å². The molecule has 0 bridgehead atoms. The lowest BCUT2D eigenvalue weighted by atomic mass is 9.88. The Balaban J connectivity index is 3.79. The van der Waals surface area contributed by atoms with Crippen LogP contribution in [-0.4, -0.2) is 13.2 Å². The van der Waals surface area contributed by atoms with E-state index in [-0.39, 0.29) is 0 Å². The van der Waals surface area contributed by atoms with Crippen molar-refractivity contribution in [2.24, 2.45) is 11.8 Å². The van der Waals surface area contributed by atoms with Gasteiger partial charge in [0.15, 0.2) is 0 Å². The van der Waals surface area contributed by atoms with Gasteiger partial charge in [0.25, 0.3) is 0 Å². The topological polar surface area (TPSA) is 33.0 Å². The van der Waals surface area contributed by atoms with Crippen molar-refractivity contribution in [2.45, 2.75) is 65.7 Å². The van der Waals surface area contributed by atoms with Crippen LogP contribution in [-0.2, 0) is 4.74 Å². The summed E-state index contributed by atoms with van der Waals surface area (Å²) < 4.78 is 5.55. The Bertz CT molecular complexity index is 198. The van der Waals surface area contributed by atoms with Gasteiger partial charge >= 0.3 is 0 Å². The fraction of sp³-hybridized carbons (Fsp3) is 0.933. The van der Waals surface area contributed by atoms with E-state index in [1.54, 1.807) is 0 Å². The highest BCUT2D eigenvalue weighted by Gasteiger charge is 2.13. The Morgan fingerprint density at radius 1 is 1.12 bits per heavy atom. The Morgan fingerprint density at radius 2 is 1.82 bits per heavy atom. The molecule has 2 nitrogen and oxygen atoms in total. The molecule has 0 fully saturated rings. The number of unbranched alkanes of at least 4 members (excludes halogenated alkanes) is 1. The summed E-state index contributed by atoms with van der Waals surface area (Å²) in [7, 11) is 0. The van der Waals surface area contributed by atoms with Crippen LogP contribution in [0.2, 0.25) is 0 Å². The molecule has 100 valence electrons. The molecule has 0 aromatic carbocycles. The molecule has 0 N–H and O–H groups in total. The molecule has 0 saturated heterocycles. The fourth-order valence-corrected chi connectivity index (χ4v) is 2.17. The van der Waals surface area contributed by atoms with Crippen LogP contribution in [0, 0.1) is 23.2 Å². The van der Waals surface area contributed by atoms with Crippen LogP contribution in [0.15, 0.2) is 0 Å². The van der Waals surface area contributed by atoms with Crippen molar-refractivity contribution in [1.29, 1.82) is 5.26 Å². The van der Waals surface area contributed by atoms with Crippen LogP contribution in [0.1, 0.15) is 65.7 Å². The monoisotopic (exact) mass is 239 g/mol. The van der Waals surface area contributed by atoms with Gasteiger partial charge < -0.3 is 4.74 Å². The second kappa shape index (κ2) is 11.9. The molecule has 0 saturated carbocycles.